The number of carbonyl (C=O) groups excluding carboxylic acids is 1. The minimum absolute atomic E-state index is 0.0247. The summed E-state index contributed by atoms with van der Waals surface area (Å²) in [7, 11) is 0. The predicted molar refractivity (Wildman–Crippen MR) is 76.6 cm³/mol. The lowest BCUT2D eigenvalue weighted by Crippen LogP contribution is -2.27. The van der Waals surface area contributed by atoms with Crippen molar-refractivity contribution in [3.05, 3.63) is 65.0 Å². The molecule has 0 saturated heterocycles. The van der Waals surface area contributed by atoms with Crippen LogP contribution in [-0.2, 0) is 12.4 Å². The van der Waals surface area contributed by atoms with Crippen LogP contribution >= 0.6 is 0 Å². The highest BCUT2D eigenvalue weighted by molar-refractivity contribution is 5.95. The maximum absolute atomic E-state index is 12.8. The van der Waals surface area contributed by atoms with Crippen LogP contribution in [0.3, 0.4) is 0 Å². The van der Waals surface area contributed by atoms with E-state index in [9.17, 15) is 31.1 Å². The summed E-state index contributed by atoms with van der Waals surface area (Å²) >= 11 is 0. The molecular formula is C16H12F6N2O. The highest BCUT2D eigenvalue weighted by Gasteiger charge is 2.37. The SMILES string of the molecule is C[C@@H](NC(=O)c1cc(C(F)(F)F)cc(C(F)(F)F)c1)c1ccncc1. The summed E-state index contributed by atoms with van der Waals surface area (Å²) in [6.45, 7) is 1.55. The van der Waals surface area contributed by atoms with Crippen molar-refractivity contribution in [3.63, 3.8) is 0 Å². The third kappa shape index (κ3) is 4.71. The zero-order chi connectivity index (χ0) is 18.8. The zero-order valence-corrected chi connectivity index (χ0v) is 12.7. The van der Waals surface area contributed by atoms with Gasteiger partial charge in [-0.05, 0) is 42.8 Å². The number of benzene rings is 1. The minimum atomic E-state index is -5.01. The van der Waals surface area contributed by atoms with Crippen LogP contribution in [0.25, 0.3) is 0 Å². The molecule has 0 radical (unpaired) electrons. The van der Waals surface area contributed by atoms with Crippen LogP contribution in [0.1, 0.15) is 40.0 Å². The summed E-state index contributed by atoms with van der Waals surface area (Å²) in [6.07, 6.45) is -7.12. The monoisotopic (exact) mass is 362 g/mol. The van der Waals surface area contributed by atoms with Gasteiger partial charge in [0.05, 0.1) is 17.2 Å². The number of nitrogens with zero attached hydrogens (tertiary/aromatic N) is 1. The van der Waals surface area contributed by atoms with E-state index in [4.69, 9.17) is 0 Å². The molecular weight excluding hydrogens is 350 g/mol. The Labute approximate surface area is 138 Å². The summed E-state index contributed by atoms with van der Waals surface area (Å²) in [5, 5.41) is 2.37. The Morgan fingerprint density at radius 3 is 1.88 bits per heavy atom. The highest BCUT2D eigenvalue weighted by atomic mass is 19.4. The molecule has 2 aromatic rings. The number of rotatable bonds is 3. The van der Waals surface area contributed by atoms with Gasteiger partial charge in [-0.2, -0.15) is 26.3 Å². The number of amides is 1. The van der Waals surface area contributed by atoms with Crippen LogP contribution < -0.4 is 5.32 Å². The Morgan fingerprint density at radius 1 is 0.960 bits per heavy atom. The molecule has 2 rings (SSSR count). The van der Waals surface area contributed by atoms with E-state index in [0.29, 0.717) is 17.7 Å². The van der Waals surface area contributed by atoms with E-state index in [1.807, 2.05) is 0 Å². The van der Waals surface area contributed by atoms with Gasteiger partial charge in [-0.25, -0.2) is 0 Å². The van der Waals surface area contributed by atoms with Gasteiger partial charge in [0.25, 0.3) is 5.91 Å². The van der Waals surface area contributed by atoms with Crippen molar-refractivity contribution in [2.75, 3.05) is 0 Å². The van der Waals surface area contributed by atoms with Crippen molar-refractivity contribution in [1.29, 1.82) is 0 Å². The first kappa shape index (κ1) is 18.8. The van der Waals surface area contributed by atoms with E-state index in [-0.39, 0.29) is 6.07 Å². The van der Waals surface area contributed by atoms with E-state index < -0.39 is 41.0 Å². The lowest BCUT2D eigenvalue weighted by atomic mass is 10.0. The van der Waals surface area contributed by atoms with E-state index in [2.05, 4.69) is 10.3 Å². The number of hydrogen-bond acceptors (Lipinski definition) is 2. The second kappa shape index (κ2) is 6.73. The van der Waals surface area contributed by atoms with Gasteiger partial charge in [-0.15, -0.1) is 0 Å². The van der Waals surface area contributed by atoms with E-state index >= 15 is 0 Å². The standard InChI is InChI=1S/C16H12F6N2O/c1-9(10-2-4-23-5-3-10)24-14(25)11-6-12(15(17,18)19)8-13(7-11)16(20,21)22/h2-9H,1H3,(H,24,25)/t9-/m1/s1. The first-order chi connectivity index (χ1) is 11.5. The molecule has 0 saturated carbocycles. The Hall–Kier alpha value is -2.58. The van der Waals surface area contributed by atoms with Gasteiger partial charge < -0.3 is 5.32 Å². The summed E-state index contributed by atoms with van der Waals surface area (Å²) in [4.78, 5) is 15.9. The van der Waals surface area contributed by atoms with Gasteiger partial charge in [-0.1, -0.05) is 0 Å². The first-order valence-corrected chi connectivity index (χ1v) is 6.99. The number of alkyl halides is 6. The summed E-state index contributed by atoms with van der Waals surface area (Å²) < 4.78 is 76.9. The second-order valence-corrected chi connectivity index (χ2v) is 5.27. The molecule has 1 aromatic carbocycles. The number of nitrogens with one attached hydrogen (secondary N) is 1. The van der Waals surface area contributed by atoms with Gasteiger partial charge in [0.15, 0.2) is 0 Å². The van der Waals surface area contributed by atoms with Crippen molar-refractivity contribution in [3.8, 4) is 0 Å². The summed E-state index contributed by atoms with van der Waals surface area (Å²) in [5.41, 5.74) is -3.19. The van der Waals surface area contributed by atoms with Gasteiger partial charge >= 0.3 is 12.4 Å². The Kier molecular flexibility index (Phi) is 5.05. The van der Waals surface area contributed by atoms with Crippen LogP contribution in [0.4, 0.5) is 26.3 Å². The molecule has 0 bridgehead atoms. The van der Waals surface area contributed by atoms with Gasteiger partial charge in [0, 0.05) is 18.0 Å². The molecule has 1 N–H and O–H groups in total. The molecule has 0 aliphatic carbocycles. The fraction of sp³-hybridized carbons (Fsp3) is 0.250. The average Bonchev–Trinajstić information content (AvgIpc) is 2.53. The average molecular weight is 362 g/mol. The third-order valence-corrected chi connectivity index (χ3v) is 3.40. The van der Waals surface area contributed by atoms with Crippen LogP contribution in [0.2, 0.25) is 0 Å². The number of pyridine rings is 1. The molecule has 9 heteroatoms. The molecule has 1 heterocycles. The quantitative estimate of drug-likeness (QED) is 0.811. The summed E-state index contributed by atoms with van der Waals surface area (Å²) in [6, 6.07) is 3.27. The molecule has 0 aliphatic rings. The largest absolute Gasteiger partial charge is 0.416 e. The van der Waals surface area contributed by atoms with E-state index in [0.717, 1.165) is 0 Å². The molecule has 0 unspecified atom stereocenters. The van der Waals surface area contributed by atoms with Crippen LogP contribution in [-0.4, -0.2) is 10.9 Å². The van der Waals surface area contributed by atoms with Crippen molar-refractivity contribution in [2.45, 2.75) is 25.3 Å². The van der Waals surface area contributed by atoms with Gasteiger partial charge in [0.2, 0.25) is 0 Å². The normalized spacial score (nSPS) is 13.4. The Bertz CT molecular complexity index is 723. The van der Waals surface area contributed by atoms with Crippen LogP contribution in [0, 0.1) is 0 Å². The fourth-order valence-corrected chi connectivity index (χ4v) is 2.10. The fourth-order valence-electron chi connectivity index (χ4n) is 2.10. The van der Waals surface area contributed by atoms with Crippen molar-refractivity contribution >= 4 is 5.91 Å². The minimum Gasteiger partial charge on any atom is -0.346 e. The maximum atomic E-state index is 12.8. The molecule has 134 valence electrons. The smallest absolute Gasteiger partial charge is 0.346 e. The Morgan fingerprint density at radius 2 is 1.44 bits per heavy atom. The molecule has 1 aromatic heterocycles. The number of carbonyl (C=O) groups is 1. The van der Waals surface area contributed by atoms with Crippen molar-refractivity contribution in [2.24, 2.45) is 0 Å². The van der Waals surface area contributed by atoms with Crippen molar-refractivity contribution < 1.29 is 31.1 Å². The van der Waals surface area contributed by atoms with Gasteiger partial charge in [0.1, 0.15) is 0 Å². The molecule has 25 heavy (non-hydrogen) atoms. The molecule has 0 aliphatic heterocycles. The van der Waals surface area contributed by atoms with Crippen LogP contribution in [0.5, 0.6) is 0 Å². The van der Waals surface area contributed by atoms with Crippen molar-refractivity contribution in [1.82, 2.24) is 10.3 Å². The third-order valence-electron chi connectivity index (χ3n) is 3.40. The topological polar surface area (TPSA) is 42.0 Å². The molecule has 1 amide bonds. The lowest BCUT2D eigenvalue weighted by molar-refractivity contribution is -0.143. The lowest BCUT2D eigenvalue weighted by Gasteiger charge is -2.17. The number of aromatic nitrogens is 1. The molecule has 1 atom stereocenters. The number of halogens is 6. The highest BCUT2D eigenvalue weighted by Crippen LogP contribution is 2.36. The zero-order valence-electron chi connectivity index (χ0n) is 12.7. The van der Waals surface area contributed by atoms with E-state index in [1.165, 1.54) is 12.4 Å². The molecule has 0 fully saturated rings. The molecule has 0 spiro atoms. The first-order valence-electron chi connectivity index (χ1n) is 6.99. The van der Waals surface area contributed by atoms with E-state index in [1.54, 1.807) is 19.1 Å². The maximum Gasteiger partial charge on any atom is 0.416 e. The van der Waals surface area contributed by atoms with Crippen LogP contribution in [0.15, 0.2) is 42.7 Å². The summed E-state index contributed by atoms with van der Waals surface area (Å²) in [5.74, 6) is -1.04. The van der Waals surface area contributed by atoms with Gasteiger partial charge in [-0.3, -0.25) is 9.78 Å². The number of hydrogen-bond donors (Lipinski definition) is 1. The molecule has 3 nitrogen and oxygen atoms in total. The predicted octanol–water partition coefficient (Wildman–Crippen LogP) is 4.61. The second-order valence-electron chi connectivity index (χ2n) is 5.27. The Balaban J connectivity index is 2.35.